The first-order chi connectivity index (χ1) is 9.61. The lowest BCUT2D eigenvalue weighted by Crippen LogP contribution is -2.21. The van der Waals surface area contributed by atoms with Gasteiger partial charge in [-0.2, -0.15) is 0 Å². The smallest absolute Gasteiger partial charge is 0.0726 e. The fourth-order valence-corrected chi connectivity index (χ4v) is 2.28. The Kier molecular flexibility index (Phi) is 4.96. The summed E-state index contributed by atoms with van der Waals surface area (Å²) >= 11 is 0. The summed E-state index contributed by atoms with van der Waals surface area (Å²) in [6.45, 7) is 9.45. The second-order valence-corrected chi connectivity index (χ2v) is 5.69. The maximum Gasteiger partial charge on any atom is 0.0726 e. The van der Waals surface area contributed by atoms with Crippen molar-refractivity contribution in [2.75, 3.05) is 25.0 Å². The highest BCUT2D eigenvalue weighted by molar-refractivity contribution is 5.91. The Labute approximate surface area is 122 Å². The molecule has 1 heterocycles. The monoisotopic (exact) mass is 271 g/mol. The van der Waals surface area contributed by atoms with Crippen molar-refractivity contribution in [3.05, 3.63) is 36.0 Å². The summed E-state index contributed by atoms with van der Waals surface area (Å²) in [5.41, 5.74) is 3.45. The van der Waals surface area contributed by atoms with E-state index in [0.29, 0.717) is 5.92 Å². The van der Waals surface area contributed by atoms with Crippen molar-refractivity contribution in [2.24, 2.45) is 5.92 Å². The zero-order valence-corrected chi connectivity index (χ0v) is 13.0. The molecule has 108 valence electrons. The largest absolute Gasteiger partial charge is 0.374 e. The van der Waals surface area contributed by atoms with Crippen molar-refractivity contribution in [2.45, 2.75) is 27.3 Å². The molecule has 1 N–H and O–H groups in total. The number of para-hydroxylation sites is 1. The molecule has 0 aliphatic carbocycles. The lowest BCUT2D eigenvalue weighted by molar-refractivity contribution is 0.549. The van der Waals surface area contributed by atoms with E-state index in [-0.39, 0.29) is 0 Å². The predicted octanol–water partition coefficient (Wildman–Crippen LogP) is 3.44. The number of anilines is 1. The molecule has 0 saturated carbocycles. The number of aromatic nitrogens is 1. The zero-order valence-electron chi connectivity index (χ0n) is 13.0. The fraction of sp³-hybridized carbons (Fsp3) is 0.471. The third-order valence-corrected chi connectivity index (χ3v) is 3.49. The molecule has 0 atom stereocenters. The van der Waals surface area contributed by atoms with E-state index >= 15 is 0 Å². The second kappa shape index (κ2) is 6.71. The molecule has 0 saturated heterocycles. The first-order valence-electron chi connectivity index (χ1n) is 7.42. The fourth-order valence-electron chi connectivity index (χ4n) is 2.28. The van der Waals surface area contributed by atoms with E-state index in [1.807, 2.05) is 0 Å². The van der Waals surface area contributed by atoms with Gasteiger partial charge in [0.2, 0.25) is 0 Å². The molecule has 1 aromatic heterocycles. The summed E-state index contributed by atoms with van der Waals surface area (Å²) in [5, 5.41) is 4.70. The van der Waals surface area contributed by atoms with Crippen molar-refractivity contribution < 1.29 is 0 Å². The number of hydrogen-bond donors (Lipinski definition) is 1. The minimum absolute atomic E-state index is 0.660. The van der Waals surface area contributed by atoms with Crippen molar-refractivity contribution in [3.63, 3.8) is 0 Å². The van der Waals surface area contributed by atoms with Gasteiger partial charge in [0, 0.05) is 31.2 Å². The summed E-state index contributed by atoms with van der Waals surface area (Å²) in [7, 11) is 2.13. The highest BCUT2D eigenvalue weighted by atomic mass is 15.1. The second-order valence-electron chi connectivity index (χ2n) is 5.69. The molecule has 0 spiro atoms. The summed E-state index contributed by atoms with van der Waals surface area (Å²) in [4.78, 5) is 7.03. The van der Waals surface area contributed by atoms with Crippen LogP contribution in [0, 0.1) is 5.92 Å². The number of nitrogens with one attached hydrogen (secondary N) is 1. The Bertz CT molecular complexity index is 563. The van der Waals surface area contributed by atoms with Crippen molar-refractivity contribution >= 4 is 16.6 Å². The minimum atomic E-state index is 0.660. The third-order valence-electron chi connectivity index (χ3n) is 3.49. The van der Waals surface area contributed by atoms with Gasteiger partial charge in [0.1, 0.15) is 0 Å². The minimum Gasteiger partial charge on any atom is -0.374 e. The van der Waals surface area contributed by atoms with Gasteiger partial charge in [-0.3, -0.25) is 4.98 Å². The maximum absolute atomic E-state index is 4.76. The van der Waals surface area contributed by atoms with Crippen LogP contribution in [0.25, 0.3) is 10.9 Å². The van der Waals surface area contributed by atoms with E-state index in [2.05, 4.69) is 68.4 Å². The molecule has 0 bridgehead atoms. The Morgan fingerprint density at radius 1 is 1.25 bits per heavy atom. The molecule has 0 amide bonds. The van der Waals surface area contributed by atoms with Gasteiger partial charge in [-0.25, -0.2) is 0 Å². The van der Waals surface area contributed by atoms with Crippen LogP contribution in [0.1, 0.15) is 26.5 Å². The number of fused-ring (bicyclic) bond motifs is 1. The first kappa shape index (κ1) is 14.8. The van der Waals surface area contributed by atoms with Crippen molar-refractivity contribution in [3.8, 4) is 0 Å². The van der Waals surface area contributed by atoms with Crippen LogP contribution in [0.3, 0.4) is 0 Å². The van der Waals surface area contributed by atoms with Crippen LogP contribution in [0.4, 0.5) is 5.69 Å². The Hall–Kier alpha value is -1.61. The van der Waals surface area contributed by atoms with E-state index in [4.69, 9.17) is 4.98 Å². The highest BCUT2D eigenvalue weighted by Crippen LogP contribution is 2.25. The van der Waals surface area contributed by atoms with Gasteiger partial charge in [-0.15, -0.1) is 0 Å². The summed E-state index contributed by atoms with van der Waals surface area (Å²) in [6, 6.07) is 10.6. The molecule has 20 heavy (non-hydrogen) atoms. The lowest BCUT2D eigenvalue weighted by Gasteiger charge is -2.20. The Morgan fingerprint density at radius 2 is 2.00 bits per heavy atom. The van der Waals surface area contributed by atoms with Crippen molar-refractivity contribution in [1.29, 1.82) is 0 Å². The number of pyridine rings is 1. The molecular weight excluding hydrogens is 246 g/mol. The van der Waals surface area contributed by atoms with E-state index in [1.165, 1.54) is 11.1 Å². The van der Waals surface area contributed by atoms with Crippen LogP contribution in [0.2, 0.25) is 0 Å². The normalized spacial score (nSPS) is 11.2. The quantitative estimate of drug-likeness (QED) is 0.872. The molecule has 3 nitrogen and oxygen atoms in total. The van der Waals surface area contributed by atoms with Crippen LogP contribution in [0.15, 0.2) is 30.3 Å². The molecule has 0 unspecified atom stereocenters. The van der Waals surface area contributed by atoms with E-state index in [1.54, 1.807) is 0 Å². The van der Waals surface area contributed by atoms with Crippen LogP contribution in [-0.2, 0) is 6.54 Å². The van der Waals surface area contributed by atoms with Crippen molar-refractivity contribution in [1.82, 2.24) is 10.3 Å². The summed E-state index contributed by atoms with van der Waals surface area (Å²) in [6.07, 6.45) is 0. The standard InChI is InChI=1S/C17H25N3/c1-5-20(4)17-10-14(12-18-11-13(2)3)19-16-9-7-6-8-15(16)17/h6-10,13,18H,5,11-12H2,1-4H3. The van der Waals surface area contributed by atoms with Gasteiger partial charge in [-0.1, -0.05) is 32.0 Å². The van der Waals surface area contributed by atoms with Gasteiger partial charge < -0.3 is 10.2 Å². The van der Waals surface area contributed by atoms with Gasteiger partial charge in [0.05, 0.1) is 11.2 Å². The maximum atomic E-state index is 4.76. The molecule has 2 rings (SSSR count). The molecule has 2 aromatic rings. The SMILES string of the molecule is CCN(C)c1cc(CNCC(C)C)nc2ccccc12. The van der Waals surface area contributed by atoms with Crippen LogP contribution in [0.5, 0.6) is 0 Å². The molecule has 0 aliphatic rings. The Balaban J connectivity index is 2.32. The molecule has 0 fully saturated rings. The average Bonchev–Trinajstić information content (AvgIpc) is 2.45. The highest BCUT2D eigenvalue weighted by Gasteiger charge is 2.08. The Morgan fingerprint density at radius 3 is 2.70 bits per heavy atom. The molecule has 3 heteroatoms. The van der Waals surface area contributed by atoms with Gasteiger partial charge in [0.15, 0.2) is 0 Å². The van der Waals surface area contributed by atoms with Gasteiger partial charge in [0.25, 0.3) is 0 Å². The molecule has 0 aliphatic heterocycles. The summed E-state index contributed by atoms with van der Waals surface area (Å²) in [5.74, 6) is 0.660. The average molecular weight is 271 g/mol. The van der Waals surface area contributed by atoms with E-state index < -0.39 is 0 Å². The predicted molar refractivity (Wildman–Crippen MR) is 87.2 cm³/mol. The van der Waals surface area contributed by atoms with Crippen LogP contribution >= 0.6 is 0 Å². The topological polar surface area (TPSA) is 28.2 Å². The summed E-state index contributed by atoms with van der Waals surface area (Å²) < 4.78 is 0. The van der Waals surface area contributed by atoms with E-state index in [0.717, 1.165) is 30.8 Å². The number of benzene rings is 1. The molecule has 0 radical (unpaired) electrons. The third kappa shape index (κ3) is 3.48. The zero-order chi connectivity index (χ0) is 14.5. The molecular formula is C17H25N3. The van der Waals surface area contributed by atoms with E-state index in [9.17, 15) is 0 Å². The van der Waals surface area contributed by atoms with Gasteiger partial charge in [-0.05, 0) is 31.5 Å². The number of hydrogen-bond acceptors (Lipinski definition) is 3. The van der Waals surface area contributed by atoms with Crippen LogP contribution < -0.4 is 10.2 Å². The number of nitrogens with zero attached hydrogens (tertiary/aromatic N) is 2. The van der Waals surface area contributed by atoms with Crippen LogP contribution in [-0.4, -0.2) is 25.1 Å². The number of rotatable bonds is 6. The molecule has 1 aromatic carbocycles. The first-order valence-corrected chi connectivity index (χ1v) is 7.42. The van der Waals surface area contributed by atoms with Gasteiger partial charge >= 0.3 is 0 Å². The lowest BCUT2D eigenvalue weighted by atomic mass is 10.1.